The number of nitrogens with two attached hydrogens (primary N) is 1. The summed E-state index contributed by atoms with van der Waals surface area (Å²) in [6.45, 7) is 1.60. The van der Waals surface area contributed by atoms with Gasteiger partial charge in [-0.05, 0) is 24.6 Å². The lowest BCUT2D eigenvalue weighted by Gasteiger charge is -2.00. The monoisotopic (exact) mass is 214 g/mol. The zero-order valence-corrected chi connectivity index (χ0v) is 8.32. The minimum absolute atomic E-state index is 0.0342. The molecule has 3 N–H and O–H groups in total. The van der Waals surface area contributed by atoms with Crippen molar-refractivity contribution in [3.63, 3.8) is 0 Å². The highest BCUT2D eigenvalue weighted by Crippen LogP contribution is 2.09. The number of hydrogen-bond donors (Lipinski definition) is 2. The smallest absolute Gasteiger partial charge is 0.238 e. The summed E-state index contributed by atoms with van der Waals surface area (Å²) >= 11 is 0. The van der Waals surface area contributed by atoms with E-state index in [1.165, 1.54) is 24.3 Å². The Labute approximate surface area is 81.9 Å². The van der Waals surface area contributed by atoms with Gasteiger partial charge < -0.3 is 5.21 Å². The summed E-state index contributed by atoms with van der Waals surface area (Å²) in [4.78, 5) is 0.0342. The minimum Gasteiger partial charge on any atom is -0.411 e. The molecule has 14 heavy (non-hydrogen) atoms. The van der Waals surface area contributed by atoms with Gasteiger partial charge in [0.2, 0.25) is 10.0 Å². The lowest BCUT2D eigenvalue weighted by atomic mass is 10.1. The zero-order valence-electron chi connectivity index (χ0n) is 7.51. The third kappa shape index (κ3) is 2.30. The fourth-order valence-corrected chi connectivity index (χ4v) is 1.46. The summed E-state index contributed by atoms with van der Waals surface area (Å²) in [5, 5.41) is 16.4. The van der Waals surface area contributed by atoms with Crippen LogP contribution in [0.25, 0.3) is 0 Å². The van der Waals surface area contributed by atoms with Gasteiger partial charge in [-0.25, -0.2) is 13.6 Å². The van der Waals surface area contributed by atoms with Crippen LogP contribution < -0.4 is 5.14 Å². The number of rotatable bonds is 2. The first-order valence-corrected chi connectivity index (χ1v) is 5.31. The Hall–Kier alpha value is -1.40. The normalized spacial score (nSPS) is 12.9. The van der Waals surface area contributed by atoms with Crippen molar-refractivity contribution in [2.45, 2.75) is 11.8 Å². The molecule has 0 bridgehead atoms. The lowest BCUT2D eigenvalue weighted by Crippen LogP contribution is -2.12. The van der Waals surface area contributed by atoms with Crippen LogP contribution in [0.1, 0.15) is 12.5 Å². The molecule has 0 amide bonds. The summed E-state index contributed by atoms with van der Waals surface area (Å²) in [6.07, 6.45) is 0. The predicted molar refractivity (Wildman–Crippen MR) is 51.8 cm³/mol. The molecule has 1 rings (SSSR count). The fraction of sp³-hybridized carbons (Fsp3) is 0.125. The highest BCUT2D eigenvalue weighted by Gasteiger charge is 2.07. The van der Waals surface area contributed by atoms with E-state index in [2.05, 4.69) is 5.16 Å². The fourth-order valence-electron chi connectivity index (χ4n) is 0.944. The van der Waals surface area contributed by atoms with Gasteiger partial charge in [0.1, 0.15) is 0 Å². The van der Waals surface area contributed by atoms with Gasteiger partial charge in [0, 0.05) is 0 Å². The van der Waals surface area contributed by atoms with Crippen molar-refractivity contribution in [3.05, 3.63) is 29.8 Å². The van der Waals surface area contributed by atoms with E-state index in [0.29, 0.717) is 11.3 Å². The molecule has 0 saturated carbocycles. The van der Waals surface area contributed by atoms with Gasteiger partial charge in [0.05, 0.1) is 10.6 Å². The molecule has 76 valence electrons. The molecule has 0 spiro atoms. The van der Waals surface area contributed by atoms with Gasteiger partial charge in [0.25, 0.3) is 0 Å². The van der Waals surface area contributed by atoms with E-state index in [9.17, 15) is 8.42 Å². The summed E-state index contributed by atoms with van der Waals surface area (Å²) in [5.41, 5.74) is 1.05. The van der Waals surface area contributed by atoms with Crippen LogP contribution in [0.5, 0.6) is 0 Å². The second kappa shape index (κ2) is 3.77. The number of nitrogens with zero attached hydrogens (tertiary/aromatic N) is 1. The second-order valence-corrected chi connectivity index (χ2v) is 4.32. The van der Waals surface area contributed by atoms with Gasteiger partial charge >= 0.3 is 0 Å². The van der Waals surface area contributed by atoms with E-state index < -0.39 is 10.0 Å². The lowest BCUT2D eigenvalue weighted by molar-refractivity contribution is 0.319. The number of oxime groups is 1. The predicted octanol–water partition coefficient (Wildman–Crippen LogP) is 0.532. The van der Waals surface area contributed by atoms with Crippen molar-refractivity contribution in [2.75, 3.05) is 0 Å². The van der Waals surface area contributed by atoms with E-state index in [1.807, 2.05) is 0 Å². The maximum Gasteiger partial charge on any atom is 0.238 e. The average molecular weight is 214 g/mol. The van der Waals surface area contributed by atoms with E-state index in [-0.39, 0.29) is 4.90 Å². The Morgan fingerprint density at radius 3 is 2.21 bits per heavy atom. The molecule has 0 aliphatic heterocycles. The van der Waals surface area contributed by atoms with Gasteiger partial charge in [-0.2, -0.15) is 0 Å². The van der Waals surface area contributed by atoms with Crippen LogP contribution in [0.2, 0.25) is 0 Å². The molecule has 0 fully saturated rings. The molecule has 0 atom stereocenters. The number of primary sulfonamides is 1. The maximum absolute atomic E-state index is 10.9. The summed E-state index contributed by atoms with van der Waals surface area (Å²) < 4.78 is 21.8. The minimum atomic E-state index is -3.65. The zero-order chi connectivity index (χ0) is 10.8. The summed E-state index contributed by atoms with van der Waals surface area (Å²) in [5.74, 6) is 0. The van der Waals surface area contributed by atoms with E-state index in [4.69, 9.17) is 10.3 Å². The Morgan fingerprint density at radius 2 is 1.86 bits per heavy atom. The van der Waals surface area contributed by atoms with Crippen LogP contribution in [0, 0.1) is 0 Å². The molecular weight excluding hydrogens is 204 g/mol. The molecule has 0 aliphatic carbocycles. The van der Waals surface area contributed by atoms with E-state index in [0.717, 1.165) is 0 Å². The second-order valence-electron chi connectivity index (χ2n) is 2.75. The Morgan fingerprint density at radius 1 is 1.36 bits per heavy atom. The molecule has 1 aromatic rings. The molecule has 0 unspecified atom stereocenters. The van der Waals surface area contributed by atoms with Crippen LogP contribution in [-0.2, 0) is 10.0 Å². The molecule has 0 aromatic heterocycles. The van der Waals surface area contributed by atoms with Crippen LogP contribution >= 0.6 is 0 Å². The molecule has 0 saturated heterocycles. The molecule has 0 aliphatic rings. The highest BCUT2D eigenvalue weighted by atomic mass is 32.2. The quantitative estimate of drug-likeness (QED) is 0.427. The first-order valence-electron chi connectivity index (χ1n) is 3.77. The first-order chi connectivity index (χ1) is 6.45. The Kier molecular flexibility index (Phi) is 2.87. The third-order valence-corrected chi connectivity index (χ3v) is 2.68. The number of benzene rings is 1. The molecule has 5 nitrogen and oxygen atoms in total. The van der Waals surface area contributed by atoms with E-state index >= 15 is 0 Å². The largest absolute Gasteiger partial charge is 0.411 e. The summed E-state index contributed by atoms with van der Waals surface area (Å²) in [6, 6.07) is 5.77. The van der Waals surface area contributed by atoms with Gasteiger partial charge in [-0.1, -0.05) is 17.3 Å². The number of hydrogen-bond acceptors (Lipinski definition) is 4. The van der Waals surface area contributed by atoms with Crippen molar-refractivity contribution < 1.29 is 13.6 Å². The molecular formula is C8H10N2O3S. The molecule has 1 aromatic carbocycles. The van der Waals surface area contributed by atoms with Gasteiger partial charge in [-0.15, -0.1) is 0 Å². The SMILES string of the molecule is C/C(=N\O)c1ccc(S(N)(=O)=O)cc1. The molecule has 6 heteroatoms. The van der Waals surface area contributed by atoms with E-state index in [1.54, 1.807) is 6.92 Å². The first kappa shape index (κ1) is 10.7. The average Bonchev–Trinajstić information content (AvgIpc) is 2.15. The number of sulfonamides is 1. The van der Waals surface area contributed by atoms with Crippen molar-refractivity contribution in [3.8, 4) is 0 Å². The Balaban J connectivity index is 3.14. The standard InChI is InChI=1S/C8H10N2O3S/c1-6(10-11)7-2-4-8(5-3-7)14(9,12)13/h2-5,11H,1H3,(H2,9,12,13)/b10-6+. The van der Waals surface area contributed by atoms with Crippen LogP contribution in [0.4, 0.5) is 0 Å². The van der Waals surface area contributed by atoms with Crippen LogP contribution in [0.3, 0.4) is 0 Å². The van der Waals surface area contributed by atoms with Crippen molar-refractivity contribution >= 4 is 15.7 Å². The van der Waals surface area contributed by atoms with Crippen molar-refractivity contribution in [2.24, 2.45) is 10.3 Å². The van der Waals surface area contributed by atoms with Gasteiger partial charge in [0.15, 0.2) is 0 Å². The van der Waals surface area contributed by atoms with Crippen LogP contribution in [-0.4, -0.2) is 19.3 Å². The van der Waals surface area contributed by atoms with Crippen molar-refractivity contribution in [1.82, 2.24) is 0 Å². The Bertz CT molecular complexity index is 448. The third-order valence-electron chi connectivity index (χ3n) is 1.75. The van der Waals surface area contributed by atoms with Crippen molar-refractivity contribution in [1.29, 1.82) is 0 Å². The summed E-state index contributed by atoms with van der Waals surface area (Å²) in [7, 11) is -3.65. The highest BCUT2D eigenvalue weighted by molar-refractivity contribution is 7.89. The maximum atomic E-state index is 10.9. The van der Waals surface area contributed by atoms with Crippen LogP contribution in [0.15, 0.2) is 34.3 Å². The van der Waals surface area contributed by atoms with Gasteiger partial charge in [-0.3, -0.25) is 0 Å². The topological polar surface area (TPSA) is 92.8 Å². The molecule has 0 heterocycles. The molecule has 0 radical (unpaired) electrons.